The normalized spacial score (nSPS) is 10.9. The van der Waals surface area contributed by atoms with Crippen molar-refractivity contribution >= 4 is 11.9 Å². The van der Waals surface area contributed by atoms with Crippen LogP contribution in [0.1, 0.15) is 31.9 Å². The minimum atomic E-state index is 0.109. The topological polar surface area (TPSA) is 24.9 Å². The molecule has 0 aliphatic carbocycles. The fourth-order valence-corrected chi connectivity index (χ4v) is 1.26. The van der Waals surface area contributed by atoms with Gasteiger partial charge in [-0.25, -0.2) is 4.98 Å². The van der Waals surface area contributed by atoms with Gasteiger partial charge in [0.05, 0.1) is 0 Å². The van der Waals surface area contributed by atoms with E-state index in [1.165, 1.54) is 5.56 Å². The third kappa shape index (κ3) is 2.69. The highest BCUT2D eigenvalue weighted by Gasteiger charge is 2.15. The molecule has 0 aliphatic heterocycles. The van der Waals surface area contributed by atoms with Crippen LogP contribution in [0.25, 0.3) is 6.08 Å². The second-order valence-electron chi connectivity index (χ2n) is 4.46. The summed E-state index contributed by atoms with van der Waals surface area (Å²) >= 11 is 0. The van der Waals surface area contributed by atoms with Crippen molar-refractivity contribution < 1.29 is 0 Å². The number of nitrogens with one attached hydrogen (secondary N) is 1. The molecule has 0 saturated carbocycles. The van der Waals surface area contributed by atoms with Gasteiger partial charge in [0.1, 0.15) is 5.82 Å². The van der Waals surface area contributed by atoms with Gasteiger partial charge in [0.25, 0.3) is 0 Å². The van der Waals surface area contributed by atoms with Gasteiger partial charge in [0.2, 0.25) is 0 Å². The predicted octanol–water partition coefficient (Wildman–Crippen LogP) is 3.58. The molecule has 0 aromatic carbocycles. The predicted molar refractivity (Wildman–Crippen MR) is 66.8 cm³/mol. The highest BCUT2D eigenvalue weighted by atomic mass is 15.0. The maximum absolute atomic E-state index is 4.35. The summed E-state index contributed by atoms with van der Waals surface area (Å²) in [4.78, 5) is 4.35. The van der Waals surface area contributed by atoms with Crippen LogP contribution in [0.3, 0.4) is 0 Å². The number of hydrogen-bond donors (Lipinski definition) is 1. The quantitative estimate of drug-likeness (QED) is 0.810. The lowest BCUT2D eigenvalue weighted by Gasteiger charge is -2.19. The Hall–Kier alpha value is -1.57. The highest BCUT2D eigenvalue weighted by molar-refractivity contribution is 5.63. The molecule has 0 unspecified atom stereocenters. The van der Waals surface area contributed by atoms with Gasteiger partial charge in [-0.05, 0) is 23.2 Å². The first-order valence-corrected chi connectivity index (χ1v) is 4.99. The largest absolute Gasteiger partial charge is 0.347 e. The first-order valence-electron chi connectivity index (χ1n) is 4.99. The lowest BCUT2D eigenvalue weighted by Crippen LogP contribution is -2.12. The van der Waals surface area contributed by atoms with Crippen molar-refractivity contribution in [2.75, 3.05) is 5.32 Å². The summed E-state index contributed by atoms with van der Waals surface area (Å²) in [6.07, 6.45) is 5.30. The van der Waals surface area contributed by atoms with Gasteiger partial charge in [-0.3, -0.25) is 0 Å². The molecule has 1 rings (SSSR count). The standard InChI is InChI=1S/C13H18N2/c1-6-10-8-11(13(3,4)5)9-15-12(10)14-7-2/h6-9H,1-2H2,3-5H3,(H,14,15). The summed E-state index contributed by atoms with van der Waals surface area (Å²) in [6.45, 7) is 13.9. The van der Waals surface area contributed by atoms with E-state index in [1.54, 1.807) is 12.3 Å². The molecule has 0 atom stereocenters. The minimum absolute atomic E-state index is 0.109. The lowest BCUT2D eigenvalue weighted by atomic mass is 9.87. The maximum Gasteiger partial charge on any atom is 0.137 e. The second kappa shape index (κ2) is 4.30. The van der Waals surface area contributed by atoms with Gasteiger partial charge in [0, 0.05) is 11.8 Å². The molecule has 0 bridgehead atoms. The van der Waals surface area contributed by atoms with Crippen molar-refractivity contribution in [3.63, 3.8) is 0 Å². The zero-order valence-electron chi connectivity index (χ0n) is 9.67. The number of pyridine rings is 1. The van der Waals surface area contributed by atoms with Crippen LogP contribution in [0.15, 0.2) is 31.6 Å². The summed E-state index contributed by atoms with van der Waals surface area (Å²) in [5.41, 5.74) is 2.31. The van der Waals surface area contributed by atoms with Gasteiger partial charge in [-0.15, -0.1) is 0 Å². The molecule has 1 N–H and O–H groups in total. The number of hydrogen-bond acceptors (Lipinski definition) is 2. The lowest BCUT2D eigenvalue weighted by molar-refractivity contribution is 0.587. The third-order valence-corrected chi connectivity index (χ3v) is 2.24. The van der Waals surface area contributed by atoms with Crippen LogP contribution in [0.4, 0.5) is 5.82 Å². The second-order valence-corrected chi connectivity index (χ2v) is 4.46. The van der Waals surface area contributed by atoms with E-state index >= 15 is 0 Å². The highest BCUT2D eigenvalue weighted by Crippen LogP contribution is 2.25. The molecule has 0 amide bonds. The minimum Gasteiger partial charge on any atom is -0.347 e. The van der Waals surface area contributed by atoms with Crippen LogP contribution in [-0.4, -0.2) is 4.98 Å². The molecule has 0 radical (unpaired) electrons. The number of aromatic nitrogens is 1. The molecule has 0 aliphatic rings. The molecular formula is C13H18N2. The Balaban J connectivity index is 3.18. The molecule has 0 fully saturated rings. The van der Waals surface area contributed by atoms with E-state index in [0.29, 0.717) is 0 Å². The van der Waals surface area contributed by atoms with Crippen molar-refractivity contribution in [2.24, 2.45) is 0 Å². The molecule has 1 aromatic rings. The van der Waals surface area contributed by atoms with Crippen molar-refractivity contribution in [1.82, 2.24) is 4.98 Å². The van der Waals surface area contributed by atoms with Crippen LogP contribution in [0, 0.1) is 0 Å². The Morgan fingerprint density at radius 1 is 1.33 bits per heavy atom. The van der Waals surface area contributed by atoms with E-state index in [2.05, 4.69) is 50.3 Å². The Bertz CT molecular complexity index is 373. The SMILES string of the molecule is C=CNc1ncc(C(C)(C)C)cc1C=C. The molecule has 2 nitrogen and oxygen atoms in total. The van der Waals surface area contributed by atoms with Gasteiger partial charge in [-0.1, -0.05) is 40.0 Å². The van der Waals surface area contributed by atoms with Crippen LogP contribution in [0.5, 0.6) is 0 Å². The van der Waals surface area contributed by atoms with Gasteiger partial charge in [-0.2, -0.15) is 0 Å². The van der Waals surface area contributed by atoms with E-state index in [4.69, 9.17) is 0 Å². The van der Waals surface area contributed by atoms with Gasteiger partial charge in [0.15, 0.2) is 0 Å². The van der Waals surface area contributed by atoms with Crippen LogP contribution >= 0.6 is 0 Å². The summed E-state index contributed by atoms with van der Waals surface area (Å²) in [7, 11) is 0. The monoisotopic (exact) mass is 202 g/mol. The Morgan fingerprint density at radius 2 is 2.00 bits per heavy atom. The molecular weight excluding hydrogens is 184 g/mol. The van der Waals surface area contributed by atoms with Crippen molar-refractivity contribution in [2.45, 2.75) is 26.2 Å². The summed E-state index contributed by atoms with van der Waals surface area (Å²) < 4.78 is 0. The van der Waals surface area contributed by atoms with E-state index < -0.39 is 0 Å². The smallest absolute Gasteiger partial charge is 0.137 e. The summed E-state index contributed by atoms with van der Waals surface area (Å²) in [5.74, 6) is 0.799. The molecule has 2 heteroatoms. The molecule has 15 heavy (non-hydrogen) atoms. The van der Waals surface area contributed by atoms with Crippen LogP contribution < -0.4 is 5.32 Å². The molecule has 80 valence electrons. The first kappa shape index (κ1) is 11.5. The van der Waals surface area contributed by atoms with Crippen molar-refractivity contribution in [3.05, 3.63) is 42.7 Å². The first-order chi connectivity index (χ1) is 6.99. The molecule has 0 saturated heterocycles. The average molecular weight is 202 g/mol. The maximum atomic E-state index is 4.35. The summed E-state index contributed by atoms with van der Waals surface area (Å²) in [5, 5.41) is 2.99. The Kier molecular flexibility index (Phi) is 3.30. The fraction of sp³-hybridized carbons (Fsp3) is 0.308. The molecule has 1 aromatic heterocycles. The molecule has 0 spiro atoms. The third-order valence-electron chi connectivity index (χ3n) is 2.24. The van der Waals surface area contributed by atoms with Gasteiger partial charge < -0.3 is 5.32 Å². The van der Waals surface area contributed by atoms with Crippen molar-refractivity contribution in [1.29, 1.82) is 0 Å². The Morgan fingerprint density at radius 3 is 2.47 bits per heavy atom. The van der Waals surface area contributed by atoms with Crippen LogP contribution in [-0.2, 0) is 5.41 Å². The number of anilines is 1. The zero-order valence-corrected chi connectivity index (χ0v) is 9.67. The number of nitrogens with zero attached hydrogens (tertiary/aromatic N) is 1. The van der Waals surface area contributed by atoms with Crippen molar-refractivity contribution in [3.8, 4) is 0 Å². The van der Waals surface area contributed by atoms with Gasteiger partial charge >= 0.3 is 0 Å². The van der Waals surface area contributed by atoms with E-state index in [1.807, 2.05) is 6.20 Å². The fourth-order valence-electron chi connectivity index (χ4n) is 1.26. The van der Waals surface area contributed by atoms with Crippen LogP contribution in [0.2, 0.25) is 0 Å². The summed E-state index contributed by atoms with van der Waals surface area (Å²) in [6, 6.07) is 2.10. The van der Waals surface area contributed by atoms with E-state index in [-0.39, 0.29) is 5.41 Å². The average Bonchev–Trinajstić information content (AvgIpc) is 2.17. The number of rotatable bonds is 3. The molecule has 1 heterocycles. The van der Waals surface area contributed by atoms with E-state index in [9.17, 15) is 0 Å². The zero-order chi connectivity index (χ0) is 11.5. The van der Waals surface area contributed by atoms with E-state index in [0.717, 1.165) is 11.4 Å². The Labute approximate surface area is 91.7 Å².